The monoisotopic (exact) mass is 266 g/mol. The van der Waals surface area contributed by atoms with Crippen molar-refractivity contribution in [3.05, 3.63) is 23.8 Å². The van der Waals surface area contributed by atoms with E-state index in [1.54, 1.807) is 0 Å². The Hall–Kier alpha value is -1.79. The lowest BCUT2D eigenvalue weighted by Gasteiger charge is -2.19. The molecule has 6 nitrogen and oxygen atoms in total. The van der Waals surface area contributed by atoms with Crippen molar-refractivity contribution < 1.29 is 19.4 Å². The number of carboxylic acid groups (broad SMARTS) is 1. The van der Waals surface area contributed by atoms with Gasteiger partial charge in [-0.05, 0) is 30.7 Å². The van der Waals surface area contributed by atoms with Crippen LogP contribution in [0.2, 0.25) is 0 Å². The third-order valence-electron chi connectivity index (χ3n) is 2.88. The molecule has 2 rings (SSSR count). The first-order chi connectivity index (χ1) is 9.16. The van der Waals surface area contributed by atoms with Crippen molar-refractivity contribution in [1.82, 2.24) is 5.32 Å². The number of hydrogen-bond donors (Lipinski definition) is 3. The summed E-state index contributed by atoms with van der Waals surface area (Å²) in [5, 5.41) is 11.7. The van der Waals surface area contributed by atoms with E-state index >= 15 is 0 Å². The molecule has 1 heterocycles. The van der Waals surface area contributed by atoms with Crippen LogP contribution >= 0.6 is 0 Å². The molecule has 0 spiro atoms. The zero-order chi connectivity index (χ0) is 13.7. The van der Waals surface area contributed by atoms with Crippen LogP contribution in [0.3, 0.4) is 0 Å². The standard InChI is InChI=1S/C13H18N2O4/c14-10(13(16)17)8-15-4-3-9-1-2-11-12(7-9)19-6-5-18-11/h1-2,7,10,15H,3-6,8,14H2,(H,16,17). The van der Waals surface area contributed by atoms with E-state index in [0.717, 1.165) is 23.5 Å². The molecule has 0 amide bonds. The van der Waals surface area contributed by atoms with Crippen LogP contribution in [0, 0.1) is 0 Å². The van der Waals surface area contributed by atoms with E-state index in [1.165, 1.54) is 0 Å². The highest BCUT2D eigenvalue weighted by atomic mass is 16.6. The fraction of sp³-hybridized carbons (Fsp3) is 0.462. The fourth-order valence-corrected chi connectivity index (χ4v) is 1.82. The number of nitrogens with one attached hydrogen (secondary N) is 1. The second-order valence-electron chi connectivity index (χ2n) is 4.38. The average molecular weight is 266 g/mol. The quantitative estimate of drug-likeness (QED) is 0.628. The molecule has 0 aromatic heterocycles. The number of aliphatic carboxylic acids is 1. The van der Waals surface area contributed by atoms with Crippen LogP contribution in [0.15, 0.2) is 18.2 Å². The lowest BCUT2D eigenvalue weighted by molar-refractivity contribution is -0.138. The Morgan fingerprint density at radius 3 is 2.84 bits per heavy atom. The van der Waals surface area contributed by atoms with Crippen LogP contribution in [0.4, 0.5) is 0 Å². The number of hydrogen-bond acceptors (Lipinski definition) is 5. The summed E-state index contributed by atoms with van der Waals surface area (Å²) in [4.78, 5) is 10.5. The van der Waals surface area contributed by atoms with Crippen LogP contribution in [0.1, 0.15) is 5.56 Å². The first-order valence-electron chi connectivity index (χ1n) is 6.24. The van der Waals surface area contributed by atoms with Crippen molar-refractivity contribution in [2.75, 3.05) is 26.3 Å². The molecule has 0 aliphatic carbocycles. The summed E-state index contributed by atoms with van der Waals surface area (Å²) >= 11 is 0. The zero-order valence-corrected chi connectivity index (χ0v) is 10.6. The molecule has 6 heteroatoms. The smallest absolute Gasteiger partial charge is 0.321 e. The van der Waals surface area contributed by atoms with Crippen LogP contribution < -0.4 is 20.5 Å². The maximum Gasteiger partial charge on any atom is 0.321 e. The summed E-state index contributed by atoms with van der Waals surface area (Å²) in [5.41, 5.74) is 6.50. The van der Waals surface area contributed by atoms with Crippen LogP contribution in [-0.4, -0.2) is 43.4 Å². The second kappa shape index (κ2) is 6.40. The predicted octanol–water partition coefficient (Wildman–Crippen LogP) is 0.00180. The first-order valence-corrected chi connectivity index (χ1v) is 6.24. The Bertz CT molecular complexity index is 450. The van der Waals surface area contributed by atoms with E-state index in [2.05, 4.69) is 5.32 Å². The van der Waals surface area contributed by atoms with Crippen molar-refractivity contribution in [3.63, 3.8) is 0 Å². The molecule has 0 saturated carbocycles. The van der Waals surface area contributed by atoms with Gasteiger partial charge in [-0.25, -0.2) is 0 Å². The van der Waals surface area contributed by atoms with E-state index in [-0.39, 0.29) is 6.54 Å². The number of ether oxygens (including phenoxy) is 2. The van der Waals surface area contributed by atoms with Gasteiger partial charge in [0.2, 0.25) is 0 Å². The van der Waals surface area contributed by atoms with Crippen molar-refractivity contribution in [3.8, 4) is 11.5 Å². The number of carbonyl (C=O) groups is 1. The number of carboxylic acids is 1. The van der Waals surface area contributed by atoms with Gasteiger partial charge in [0.15, 0.2) is 11.5 Å². The molecule has 0 radical (unpaired) electrons. The highest BCUT2D eigenvalue weighted by molar-refractivity contribution is 5.73. The van der Waals surface area contributed by atoms with Gasteiger partial charge in [-0.3, -0.25) is 4.79 Å². The summed E-state index contributed by atoms with van der Waals surface area (Å²) in [7, 11) is 0. The van der Waals surface area contributed by atoms with Gasteiger partial charge in [0.1, 0.15) is 19.3 Å². The van der Waals surface area contributed by atoms with Gasteiger partial charge in [0.25, 0.3) is 0 Å². The Morgan fingerprint density at radius 2 is 2.11 bits per heavy atom. The summed E-state index contributed by atoms with van der Waals surface area (Å²) < 4.78 is 10.9. The van der Waals surface area contributed by atoms with Crippen LogP contribution in [0.5, 0.6) is 11.5 Å². The number of rotatable bonds is 6. The van der Waals surface area contributed by atoms with Crippen molar-refractivity contribution in [2.45, 2.75) is 12.5 Å². The molecule has 1 aliphatic heterocycles. The van der Waals surface area contributed by atoms with Crippen molar-refractivity contribution >= 4 is 5.97 Å². The summed E-state index contributed by atoms with van der Waals surface area (Å²) in [5.74, 6) is 0.550. The Balaban J connectivity index is 1.78. The molecule has 0 saturated heterocycles. The summed E-state index contributed by atoms with van der Waals surface area (Å²) in [6.07, 6.45) is 0.781. The Morgan fingerprint density at radius 1 is 1.37 bits per heavy atom. The number of nitrogens with two attached hydrogens (primary N) is 1. The molecule has 1 unspecified atom stereocenters. The minimum atomic E-state index is -0.994. The zero-order valence-electron chi connectivity index (χ0n) is 10.6. The van der Waals surface area contributed by atoms with E-state index in [9.17, 15) is 4.79 Å². The minimum absolute atomic E-state index is 0.264. The van der Waals surface area contributed by atoms with E-state index in [1.807, 2.05) is 18.2 Å². The lowest BCUT2D eigenvalue weighted by Crippen LogP contribution is -2.40. The molecule has 19 heavy (non-hydrogen) atoms. The third kappa shape index (κ3) is 3.84. The molecule has 0 fully saturated rings. The number of fused-ring (bicyclic) bond motifs is 1. The first kappa shape index (κ1) is 13.6. The highest BCUT2D eigenvalue weighted by Crippen LogP contribution is 2.30. The maximum absolute atomic E-state index is 10.5. The van der Waals surface area contributed by atoms with Crippen LogP contribution in [-0.2, 0) is 11.2 Å². The molecule has 1 atom stereocenters. The molecule has 1 aromatic rings. The largest absolute Gasteiger partial charge is 0.486 e. The SMILES string of the molecule is NC(CNCCc1ccc2c(c1)OCCO2)C(=O)O. The highest BCUT2D eigenvalue weighted by Gasteiger charge is 2.12. The molecule has 104 valence electrons. The van der Waals surface area contributed by atoms with Crippen molar-refractivity contribution in [2.24, 2.45) is 5.73 Å². The van der Waals surface area contributed by atoms with Gasteiger partial charge < -0.3 is 25.6 Å². The summed E-state index contributed by atoms with van der Waals surface area (Å²) in [6, 6.07) is 4.96. The fourth-order valence-electron chi connectivity index (χ4n) is 1.82. The number of benzene rings is 1. The summed E-state index contributed by atoms with van der Waals surface area (Å²) in [6.45, 7) is 2.09. The van der Waals surface area contributed by atoms with E-state index < -0.39 is 12.0 Å². The maximum atomic E-state index is 10.5. The van der Waals surface area contributed by atoms with Gasteiger partial charge in [0, 0.05) is 6.54 Å². The molecule has 4 N–H and O–H groups in total. The Labute approximate surface area is 111 Å². The molecular weight excluding hydrogens is 248 g/mol. The van der Waals surface area contributed by atoms with Gasteiger partial charge in [0.05, 0.1) is 0 Å². The molecule has 1 aromatic carbocycles. The predicted molar refractivity (Wildman–Crippen MR) is 69.6 cm³/mol. The Kier molecular flexibility index (Phi) is 4.59. The molecule has 1 aliphatic rings. The van der Waals surface area contributed by atoms with E-state index in [4.69, 9.17) is 20.3 Å². The van der Waals surface area contributed by atoms with Gasteiger partial charge >= 0.3 is 5.97 Å². The van der Waals surface area contributed by atoms with Crippen molar-refractivity contribution in [1.29, 1.82) is 0 Å². The normalized spacial score (nSPS) is 15.0. The van der Waals surface area contributed by atoms with Gasteiger partial charge in [-0.15, -0.1) is 0 Å². The second-order valence-corrected chi connectivity index (χ2v) is 4.38. The third-order valence-corrected chi connectivity index (χ3v) is 2.88. The van der Waals surface area contributed by atoms with Gasteiger partial charge in [-0.1, -0.05) is 6.07 Å². The van der Waals surface area contributed by atoms with Gasteiger partial charge in [-0.2, -0.15) is 0 Å². The average Bonchev–Trinajstić information content (AvgIpc) is 2.43. The lowest BCUT2D eigenvalue weighted by atomic mass is 10.1. The van der Waals surface area contributed by atoms with Crippen LogP contribution in [0.25, 0.3) is 0 Å². The van der Waals surface area contributed by atoms with E-state index in [0.29, 0.717) is 19.8 Å². The minimum Gasteiger partial charge on any atom is -0.486 e. The molecular formula is C13H18N2O4. The molecule has 0 bridgehead atoms. The topological polar surface area (TPSA) is 93.8 Å².